The molecule has 1 aromatic heterocycles. The van der Waals surface area contributed by atoms with Crippen LogP contribution in [0.4, 0.5) is 11.5 Å². The van der Waals surface area contributed by atoms with Gasteiger partial charge in [0.15, 0.2) is 0 Å². The van der Waals surface area contributed by atoms with Crippen LogP contribution in [-0.4, -0.2) is 15.1 Å². The van der Waals surface area contributed by atoms with Gasteiger partial charge in [-0.25, -0.2) is 0 Å². The van der Waals surface area contributed by atoms with E-state index < -0.39 is 4.92 Å². The maximum Gasteiger partial charge on any atom is 0.278 e. The summed E-state index contributed by atoms with van der Waals surface area (Å²) >= 11 is 0. The summed E-state index contributed by atoms with van der Waals surface area (Å²) in [6.07, 6.45) is 0. The van der Waals surface area contributed by atoms with E-state index in [9.17, 15) is 10.1 Å². The first-order valence-corrected chi connectivity index (χ1v) is 4.64. The van der Waals surface area contributed by atoms with Crippen molar-refractivity contribution in [3.05, 3.63) is 39.9 Å². The number of hydrogen-bond donors (Lipinski definition) is 2. The van der Waals surface area contributed by atoms with Gasteiger partial charge in [0.1, 0.15) is 5.82 Å². The minimum absolute atomic E-state index is 0. The second-order valence-electron chi connectivity index (χ2n) is 3.48. The second-order valence-corrected chi connectivity index (χ2v) is 3.48. The molecule has 0 radical (unpaired) electrons. The van der Waals surface area contributed by atoms with Crippen LogP contribution in [0.2, 0.25) is 0 Å². The van der Waals surface area contributed by atoms with E-state index in [1.165, 1.54) is 6.07 Å². The van der Waals surface area contributed by atoms with Crippen LogP contribution >= 0.6 is 12.4 Å². The Hall–Kier alpha value is -2.08. The fraction of sp³-hybridized carbons (Fsp3) is 0.100. The molecule has 0 bridgehead atoms. The number of hydrogen-bond acceptors (Lipinski definition) is 4. The van der Waals surface area contributed by atoms with Gasteiger partial charge >= 0.3 is 0 Å². The van der Waals surface area contributed by atoms with Gasteiger partial charge in [0.2, 0.25) is 0 Å². The van der Waals surface area contributed by atoms with Crippen LogP contribution in [0.5, 0.6) is 0 Å². The molecule has 2 rings (SSSR count). The van der Waals surface area contributed by atoms with Crippen molar-refractivity contribution in [1.29, 1.82) is 0 Å². The first kappa shape index (κ1) is 13.0. The van der Waals surface area contributed by atoms with Gasteiger partial charge in [-0.1, -0.05) is 6.07 Å². The van der Waals surface area contributed by atoms with Crippen molar-refractivity contribution in [2.45, 2.75) is 6.92 Å². The largest absolute Gasteiger partial charge is 0.382 e. The molecule has 3 N–H and O–H groups in total. The highest BCUT2D eigenvalue weighted by atomic mass is 35.5. The molecular formula is C10H11ClN4O2. The highest BCUT2D eigenvalue weighted by molar-refractivity contribution is 5.85. The number of benzene rings is 1. The van der Waals surface area contributed by atoms with E-state index >= 15 is 0 Å². The molecule has 0 saturated carbocycles. The Balaban J connectivity index is 0.00000144. The molecule has 0 unspecified atom stereocenters. The van der Waals surface area contributed by atoms with E-state index in [-0.39, 0.29) is 18.1 Å². The lowest BCUT2D eigenvalue weighted by atomic mass is 10.1. The molecule has 0 aliphatic carbocycles. The average Bonchev–Trinajstić information content (AvgIpc) is 2.64. The third kappa shape index (κ3) is 2.54. The van der Waals surface area contributed by atoms with Gasteiger partial charge in [-0.3, -0.25) is 15.2 Å². The summed E-state index contributed by atoms with van der Waals surface area (Å²) < 4.78 is 0. The Morgan fingerprint density at radius 1 is 1.41 bits per heavy atom. The summed E-state index contributed by atoms with van der Waals surface area (Å²) in [5.74, 6) is 0.311. The summed E-state index contributed by atoms with van der Waals surface area (Å²) in [6, 6.07) is 6.47. The summed E-state index contributed by atoms with van der Waals surface area (Å²) in [5, 5.41) is 17.3. The maximum absolute atomic E-state index is 10.9. The van der Waals surface area contributed by atoms with Crippen molar-refractivity contribution in [1.82, 2.24) is 10.2 Å². The predicted molar refractivity (Wildman–Crippen MR) is 67.1 cm³/mol. The molecule has 17 heavy (non-hydrogen) atoms. The van der Waals surface area contributed by atoms with Crippen LogP contribution in [0.15, 0.2) is 24.3 Å². The lowest BCUT2D eigenvalue weighted by Crippen LogP contribution is -1.92. The lowest BCUT2D eigenvalue weighted by Gasteiger charge is -2.01. The summed E-state index contributed by atoms with van der Waals surface area (Å²) in [4.78, 5) is 10.4. The van der Waals surface area contributed by atoms with E-state index in [4.69, 9.17) is 5.73 Å². The Kier molecular flexibility index (Phi) is 3.69. The fourth-order valence-corrected chi connectivity index (χ4v) is 1.50. The Labute approximate surface area is 103 Å². The Morgan fingerprint density at radius 2 is 2.12 bits per heavy atom. The zero-order chi connectivity index (χ0) is 11.7. The third-order valence-corrected chi connectivity index (χ3v) is 2.24. The van der Waals surface area contributed by atoms with Crippen LogP contribution < -0.4 is 5.73 Å². The van der Waals surface area contributed by atoms with Crippen LogP contribution in [0.25, 0.3) is 11.3 Å². The number of nitrogens with two attached hydrogens (primary N) is 1. The highest BCUT2D eigenvalue weighted by Gasteiger charge is 2.16. The number of nitrogens with one attached hydrogen (secondary N) is 1. The highest BCUT2D eigenvalue weighted by Crippen LogP contribution is 2.29. The molecule has 90 valence electrons. The molecule has 0 saturated heterocycles. The van der Waals surface area contributed by atoms with E-state index in [0.717, 1.165) is 5.56 Å². The number of aryl methyl sites for hydroxylation is 1. The zero-order valence-corrected chi connectivity index (χ0v) is 9.82. The zero-order valence-electron chi connectivity index (χ0n) is 9.01. The van der Waals surface area contributed by atoms with Crippen LogP contribution in [-0.2, 0) is 0 Å². The molecule has 1 heterocycles. The van der Waals surface area contributed by atoms with Gasteiger partial charge in [-0.2, -0.15) is 5.10 Å². The topological polar surface area (TPSA) is 97.8 Å². The first-order valence-electron chi connectivity index (χ1n) is 4.64. The molecule has 0 spiro atoms. The number of H-pyrrole nitrogens is 1. The quantitative estimate of drug-likeness (QED) is 0.635. The molecule has 0 fully saturated rings. The molecule has 7 heteroatoms. The third-order valence-electron chi connectivity index (χ3n) is 2.24. The van der Waals surface area contributed by atoms with Gasteiger partial charge in [0, 0.05) is 12.1 Å². The molecule has 0 atom stereocenters. The number of nitro groups is 1. The van der Waals surface area contributed by atoms with Crippen molar-refractivity contribution in [3.8, 4) is 11.3 Å². The first-order chi connectivity index (χ1) is 7.58. The van der Waals surface area contributed by atoms with Crippen molar-refractivity contribution >= 4 is 23.9 Å². The Morgan fingerprint density at radius 3 is 2.65 bits per heavy atom. The van der Waals surface area contributed by atoms with Crippen LogP contribution in [0, 0.1) is 17.0 Å². The van der Waals surface area contributed by atoms with E-state index in [0.29, 0.717) is 17.1 Å². The van der Waals surface area contributed by atoms with Gasteiger partial charge in [0.25, 0.3) is 5.69 Å². The van der Waals surface area contributed by atoms with E-state index in [1.54, 1.807) is 18.2 Å². The second kappa shape index (κ2) is 4.84. The van der Waals surface area contributed by atoms with Gasteiger partial charge < -0.3 is 5.73 Å². The van der Waals surface area contributed by atoms with Crippen LogP contribution in [0.1, 0.15) is 5.56 Å². The fourth-order valence-electron chi connectivity index (χ4n) is 1.50. The smallest absolute Gasteiger partial charge is 0.278 e. The Bertz CT molecular complexity index is 553. The minimum atomic E-state index is -0.425. The molecule has 2 aromatic rings. The molecule has 0 aliphatic heterocycles. The predicted octanol–water partition coefficient (Wildman–Crippen LogP) is 2.30. The number of nitrogens with zero attached hydrogens (tertiary/aromatic N) is 2. The van der Waals surface area contributed by atoms with Gasteiger partial charge in [-0.15, -0.1) is 12.4 Å². The summed E-state index contributed by atoms with van der Waals surface area (Å²) in [7, 11) is 0. The van der Waals surface area contributed by atoms with Crippen LogP contribution in [0.3, 0.4) is 0 Å². The summed E-state index contributed by atoms with van der Waals surface area (Å²) in [6.45, 7) is 1.87. The SMILES string of the molecule is Cc1ccc([N+](=O)[O-])c(-c2cc(N)n[nH]2)c1.Cl. The normalized spacial score (nSPS) is 9.71. The molecule has 0 amide bonds. The van der Waals surface area contributed by atoms with Crippen molar-refractivity contribution in [2.75, 3.05) is 5.73 Å². The van der Waals surface area contributed by atoms with E-state index in [1.807, 2.05) is 6.92 Å². The maximum atomic E-state index is 10.9. The number of anilines is 1. The number of nitrogen functional groups attached to an aromatic ring is 1. The van der Waals surface area contributed by atoms with Crippen molar-refractivity contribution in [3.63, 3.8) is 0 Å². The molecule has 0 aliphatic rings. The van der Waals surface area contributed by atoms with Gasteiger partial charge in [0.05, 0.1) is 16.2 Å². The molecule has 6 nitrogen and oxygen atoms in total. The standard InChI is InChI=1S/C10H10N4O2.ClH/c1-6-2-3-9(14(15)16)7(4-6)8-5-10(11)13-12-8;/h2-5H,1H3,(H3,11,12,13);1H. The monoisotopic (exact) mass is 254 g/mol. The number of aromatic amines is 1. The minimum Gasteiger partial charge on any atom is -0.382 e. The van der Waals surface area contributed by atoms with Gasteiger partial charge in [-0.05, 0) is 18.6 Å². The van der Waals surface area contributed by atoms with Crippen molar-refractivity contribution in [2.24, 2.45) is 0 Å². The van der Waals surface area contributed by atoms with Crippen molar-refractivity contribution < 1.29 is 4.92 Å². The average molecular weight is 255 g/mol. The molecular weight excluding hydrogens is 244 g/mol. The lowest BCUT2D eigenvalue weighted by molar-refractivity contribution is -0.384. The number of aromatic nitrogens is 2. The summed E-state index contributed by atoms with van der Waals surface area (Å²) in [5.41, 5.74) is 7.49. The molecule has 1 aromatic carbocycles. The van der Waals surface area contributed by atoms with E-state index in [2.05, 4.69) is 10.2 Å². The number of nitro benzene ring substituents is 1. The number of halogens is 1. The number of rotatable bonds is 2.